The molecule has 0 bridgehead atoms. The van der Waals surface area contributed by atoms with Gasteiger partial charge >= 0.3 is 0 Å². The number of benzene rings is 1. The molecule has 23 heavy (non-hydrogen) atoms. The van der Waals surface area contributed by atoms with E-state index in [0.717, 1.165) is 31.5 Å². The minimum absolute atomic E-state index is 0.00172. The number of nitrogens with zero attached hydrogens (tertiary/aromatic N) is 1. The normalized spacial score (nSPS) is 17.1. The number of carbonyl (C=O) groups excluding carboxylic acids is 1. The van der Waals surface area contributed by atoms with E-state index in [9.17, 15) is 13.2 Å². The fraction of sp³-hybridized carbons (Fsp3) is 0.562. The number of halogens is 1. The van der Waals surface area contributed by atoms with Gasteiger partial charge in [0, 0.05) is 37.0 Å². The summed E-state index contributed by atoms with van der Waals surface area (Å²) in [7, 11) is -2.92. The molecule has 128 valence electrons. The molecule has 2 rings (SSSR count). The van der Waals surface area contributed by atoms with E-state index in [1.165, 1.54) is 6.26 Å². The van der Waals surface area contributed by atoms with Crippen LogP contribution in [0.1, 0.15) is 18.4 Å². The third kappa shape index (κ3) is 6.89. The molecule has 1 saturated heterocycles. The summed E-state index contributed by atoms with van der Waals surface area (Å²) in [5.41, 5.74) is 0.903. The largest absolute Gasteiger partial charge is 0.353 e. The Kier molecular flexibility index (Phi) is 6.44. The van der Waals surface area contributed by atoms with Crippen molar-refractivity contribution in [1.29, 1.82) is 0 Å². The van der Waals surface area contributed by atoms with Crippen molar-refractivity contribution in [2.24, 2.45) is 0 Å². The van der Waals surface area contributed by atoms with Crippen LogP contribution in [0.3, 0.4) is 0 Å². The van der Waals surface area contributed by atoms with Crippen LogP contribution in [0.4, 0.5) is 0 Å². The Hall–Kier alpha value is -1.11. The molecule has 1 aliphatic rings. The van der Waals surface area contributed by atoms with E-state index < -0.39 is 9.84 Å². The van der Waals surface area contributed by atoms with Gasteiger partial charge < -0.3 is 10.2 Å². The molecule has 1 N–H and O–H groups in total. The van der Waals surface area contributed by atoms with Gasteiger partial charge in [0.2, 0.25) is 5.91 Å². The Morgan fingerprint density at radius 3 is 2.65 bits per heavy atom. The number of piperidine rings is 1. The summed E-state index contributed by atoms with van der Waals surface area (Å²) in [5.74, 6) is 0.195. The smallest absolute Gasteiger partial charge is 0.224 e. The maximum absolute atomic E-state index is 12.1. The molecule has 1 aromatic rings. The number of nitrogens with one attached hydrogen (secondary N) is 1. The van der Waals surface area contributed by atoms with E-state index in [1.807, 2.05) is 12.1 Å². The number of sulfone groups is 1. The summed E-state index contributed by atoms with van der Waals surface area (Å²) in [6, 6.07) is 7.48. The van der Waals surface area contributed by atoms with Gasteiger partial charge in [-0.15, -0.1) is 0 Å². The lowest BCUT2D eigenvalue weighted by molar-refractivity contribution is -0.121. The monoisotopic (exact) mass is 358 g/mol. The van der Waals surface area contributed by atoms with Crippen LogP contribution in [0.15, 0.2) is 24.3 Å². The molecule has 0 atom stereocenters. The molecule has 7 heteroatoms. The summed E-state index contributed by atoms with van der Waals surface area (Å²) >= 11 is 5.92. The second kappa shape index (κ2) is 8.13. The van der Waals surface area contributed by atoms with E-state index >= 15 is 0 Å². The van der Waals surface area contributed by atoms with Gasteiger partial charge in [0.25, 0.3) is 0 Å². The second-order valence-electron chi connectivity index (χ2n) is 6.12. The molecule has 0 aliphatic carbocycles. The van der Waals surface area contributed by atoms with Gasteiger partial charge in [-0.25, -0.2) is 8.42 Å². The van der Waals surface area contributed by atoms with E-state index in [2.05, 4.69) is 10.2 Å². The standard InChI is InChI=1S/C16H23ClN2O3S/c1-23(21,22)10-9-19-7-5-15(6-8-19)18-16(20)12-13-3-2-4-14(17)11-13/h2-4,11,15H,5-10,12H2,1H3,(H,18,20). The quantitative estimate of drug-likeness (QED) is 0.837. The molecule has 5 nitrogen and oxygen atoms in total. The number of likely N-dealkylation sites (tertiary alicyclic amines) is 1. The summed E-state index contributed by atoms with van der Waals surface area (Å²) in [5, 5.41) is 3.69. The zero-order valence-electron chi connectivity index (χ0n) is 13.3. The van der Waals surface area contributed by atoms with Crippen LogP contribution in [0.5, 0.6) is 0 Å². The third-order valence-electron chi connectivity index (χ3n) is 3.98. The van der Waals surface area contributed by atoms with Crippen molar-refractivity contribution in [2.75, 3.05) is 31.6 Å². The first-order chi connectivity index (χ1) is 10.8. The summed E-state index contributed by atoms with van der Waals surface area (Å²) in [6.07, 6.45) is 3.29. The highest BCUT2D eigenvalue weighted by atomic mass is 35.5. The summed E-state index contributed by atoms with van der Waals surface area (Å²) < 4.78 is 22.4. The molecule has 1 amide bonds. The lowest BCUT2D eigenvalue weighted by Crippen LogP contribution is -2.46. The molecule has 1 aliphatic heterocycles. The Morgan fingerprint density at radius 1 is 1.35 bits per heavy atom. The van der Waals surface area contributed by atoms with Crippen molar-refractivity contribution in [2.45, 2.75) is 25.3 Å². The van der Waals surface area contributed by atoms with Crippen LogP contribution >= 0.6 is 11.6 Å². The maximum Gasteiger partial charge on any atom is 0.224 e. The second-order valence-corrected chi connectivity index (χ2v) is 8.82. The average molecular weight is 359 g/mol. The minimum atomic E-state index is -2.92. The van der Waals surface area contributed by atoms with Crippen molar-refractivity contribution in [3.8, 4) is 0 Å². The highest BCUT2D eigenvalue weighted by molar-refractivity contribution is 7.90. The van der Waals surface area contributed by atoms with Crippen LogP contribution in [-0.2, 0) is 21.1 Å². The molecular formula is C16H23ClN2O3S. The zero-order chi connectivity index (χ0) is 16.9. The van der Waals surface area contributed by atoms with Gasteiger partial charge in [-0.1, -0.05) is 23.7 Å². The zero-order valence-corrected chi connectivity index (χ0v) is 14.9. The number of amides is 1. The minimum Gasteiger partial charge on any atom is -0.353 e. The van der Waals surface area contributed by atoms with Crippen LogP contribution in [0.25, 0.3) is 0 Å². The molecular weight excluding hydrogens is 336 g/mol. The first-order valence-electron chi connectivity index (χ1n) is 7.76. The van der Waals surface area contributed by atoms with Gasteiger partial charge in [-0.2, -0.15) is 0 Å². The van der Waals surface area contributed by atoms with E-state index in [-0.39, 0.29) is 17.7 Å². The molecule has 0 saturated carbocycles. The molecule has 1 aromatic carbocycles. The maximum atomic E-state index is 12.1. The molecule has 0 aromatic heterocycles. The average Bonchev–Trinajstić information content (AvgIpc) is 2.45. The molecule has 0 spiro atoms. The van der Waals surface area contributed by atoms with Gasteiger partial charge in [0.15, 0.2) is 0 Å². The van der Waals surface area contributed by atoms with Crippen LogP contribution in [-0.4, -0.2) is 56.9 Å². The highest BCUT2D eigenvalue weighted by Crippen LogP contribution is 2.13. The van der Waals surface area contributed by atoms with E-state index in [0.29, 0.717) is 18.0 Å². The lowest BCUT2D eigenvalue weighted by Gasteiger charge is -2.32. The van der Waals surface area contributed by atoms with Crippen LogP contribution in [0, 0.1) is 0 Å². The van der Waals surface area contributed by atoms with Crippen LogP contribution < -0.4 is 5.32 Å². The number of hydrogen-bond donors (Lipinski definition) is 1. The van der Waals surface area contributed by atoms with Gasteiger partial charge in [-0.05, 0) is 30.5 Å². The van der Waals surface area contributed by atoms with Crippen molar-refractivity contribution in [3.63, 3.8) is 0 Å². The first kappa shape index (κ1) is 18.2. The molecule has 0 radical (unpaired) electrons. The van der Waals surface area contributed by atoms with E-state index in [1.54, 1.807) is 12.1 Å². The number of carbonyl (C=O) groups is 1. The van der Waals surface area contributed by atoms with Crippen molar-refractivity contribution in [3.05, 3.63) is 34.9 Å². The van der Waals surface area contributed by atoms with Gasteiger partial charge in [-0.3, -0.25) is 4.79 Å². The first-order valence-corrected chi connectivity index (χ1v) is 10.2. The Bertz CT molecular complexity index is 640. The molecule has 1 heterocycles. The fourth-order valence-electron chi connectivity index (χ4n) is 2.71. The summed E-state index contributed by atoms with van der Waals surface area (Å²) in [4.78, 5) is 14.2. The summed E-state index contributed by atoms with van der Waals surface area (Å²) in [6.45, 7) is 2.21. The van der Waals surface area contributed by atoms with Crippen molar-refractivity contribution < 1.29 is 13.2 Å². The highest BCUT2D eigenvalue weighted by Gasteiger charge is 2.21. The van der Waals surface area contributed by atoms with E-state index in [4.69, 9.17) is 11.6 Å². The van der Waals surface area contributed by atoms with Crippen molar-refractivity contribution >= 4 is 27.3 Å². The fourth-order valence-corrected chi connectivity index (χ4v) is 3.51. The number of rotatable bonds is 6. The molecule has 1 fully saturated rings. The predicted octanol–water partition coefficient (Wildman–Crippen LogP) is 1.51. The predicted molar refractivity (Wildman–Crippen MR) is 92.5 cm³/mol. The van der Waals surface area contributed by atoms with Gasteiger partial charge in [0.1, 0.15) is 9.84 Å². The van der Waals surface area contributed by atoms with Crippen LogP contribution in [0.2, 0.25) is 5.02 Å². The Labute approximate surface area is 142 Å². The Morgan fingerprint density at radius 2 is 2.04 bits per heavy atom. The Balaban J connectivity index is 1.72. The van der Waals surface area contributed by atoms with Crippen molar-refractivity contribution in [1.82, 2.24) is 10.2 Å². The number of hydrogen-bond acceptors (Lipinski definition) is 4. The lowest BCUT2D eigenvalue weighted by atomic mass is 10.0. The van der Waals surface area contributed by atoms with Gasteiger partial charge in [0.05, 0.1) is 12.2 Å². The topological polar surface area (TPSA) is 66.5 Å². The molecule has 0 unspecified atom stereocenters. The third-order valence-corrected chi connectivity index (χ3v) is 5.14. The SMILES string of the molecule is CS(=O)(=O)CCN1CCC(NC(=O)Cc2cccc(Cl)c2)CC1.